The smallest absolute Gasteiger partial charge is 0.255 e. The van der Waals surface area contributed by atoms with Crippen LogP contribution in [-0.4, -0.2) is 16.6 Å². The normalized spacial score (nSPS) is 18.8. The Balaban J connectivity index is 1.66. The SMILES string of the molecule is N#Cc1ccc(/C=C2/SC3c4ccccc4C(=O)N3Cc3ccccc3C2=O)cc1. The van der Waals surface area contributed by atoms with E-state index in [1.165, 1.54) is 11.8 Å². The Bertz CT molecular complexity index is 1250. The van der Waals surface area contributed by atoms with E-state index in [1.807, 2.05) is 71.6 Å². The Morgan fingerprint density at radius 1 is 0.933 bits per heavy atom. The first-order valence-corrected chi connectivity index (χ1v) is 10.4. The number of rotatable bonds is 1. The summed E-state index contributed by atoms with van der Waals surface area (Å²) >= 11 is 1.41. The summed E-state index contributed by atoms with van der Waals surface area (Å²) < 4.78 is 0. The standard InChI is InChI=1S/C25H16N2O2S/c26-14-17-11-9-16(10-12-17)13-22-23(28)19-6-2-1-5-18(19)15-27-24(29)20-7-3-4-8-21(20)25(27)30-22/h1-13,25H,15H2/b22-13+. The number of nitrogens with zero attached hydrogens (tertiary/aromatic N) is 2. The van der Waals surface area contributed by atoms with Crippen molar-refractivity contribution in [2.45, 2.75) is 11.9 Å². The highest BCUT2D eigenvalue weighted by molar-refractivity contribution is 8.04. The monoisotopic (exact) mass is 408 g/mol. The minimum Gasteiger partial charge on any atom is -0.318 e. The third-order valence-corrected chi connectivity index (χ3v) is 6.69. The van der Waals surface area contributed by atoms with Crippen LogP contribution in [0.5, 0.6) is 0 Å². The Morgan fingerprint density at radius 3 is 2.40 bits per heavy atom. The van der Waals surface area contributed by atoms with Crippen molar-refractivity contribution in [3.05, 3.63) is 111 Å². The first-order chi connectivity index (χ1) is 14.7. The van der Waals surface area contributed by atoms with Crippen LogP contribution in [0.15, 0.2) is 77.7 Å². The first-order valence-electron chi connectivity index (χ1n) is 9.57. The molecule has 0 N–H and O–H groups in total. The molecule has 0 saturated carbocycles. The molecule has 0 saturated heterocycles. The molecule has 4 nitrogen and oxygen atoms in total. The van der Waals surface area contributed by atoms with Crippen LogP contribution in [0.3, 0.4) is 0 Å². The van der Waals surface area contributed by atoms with Gasteiger partial charge >= 0.3 is 0 Å². The van der Waals surface area contributed by atoms with Crippen LogP contribution in [0.1, 0.15) is 48.3 Å². The fourth-order valence-electron chi connectivity index (χ4n) is 3.89. The molecular formula is C25H16N2O2S. The zero-order valence-electron chi connectivity index (χ0n) is 15.9. The van der Waals surface area contributed by atoms with E-state index in [4.69, 9.17) is 5.26 Å². The van der Waals surface area contributed by atoms with E-state index < -0.39 is 0 Å². The number of carbonyl (C=O) groups is 2. The van der Waals surface area contributed by atoms with Crippen LogP contribution in [0.2, 0.25) is 0 Å². The summed E-state index contributed by atoms with van der Waals surface area (Å²) in [5.74, 6) is -0.0542. The summed E-state index contributed by atoms with van der Waals surface area (Å²) in [6.45, 7) is 0.400. The summed E-state index contributed by atoms with van der Waals surface area (Å²) in [7, 11) is 0. The second-order valence-corrected chi connectivity index (χ2v) is 8.34. The Labute approximate surface area is 178 Å². The number of nitriles is 1. The van der Waals surface area contributed by atoms with Gasteiger partial charge in [-0.1, -0.05) is 66.4 Å². The molecule has 5 heteroatoms. The average Bonchev–Trinajstić information content (AvgIpc) is 3.04. The molecule has 3 aromatic carbocycles. The first kappa shape index (κ1) is 18.4. The average molecular weight is 408 g/mol. The number of allylic oxidation sites excluding steroid dienone is 1. The van der Waals surface area contributed by atoms with Crippen molar-refractivity contribution in [1.82, 2.24) is 4.90 Å². The van der Waals surface area contributed by atoms with E-state index in [0.717, 1.165) is 16.7 Å². The molecule has 1 atom stereocenters. The molecule has 2 heterocycles. The van der Waals surface area contributed by atoms with E-state index in [2.05, 4.69) is 6.07 Å². The van der Waals surface area contributed by atoms with Crippen molar-refractivity contribution >= 4 is 29.5 Å². The van der Waals surface area contributed by atoms with Gasteiger partial charge in [0.15, 0.2) is 5.78 Å². The fraction of sp³-hybridized carbons (Fsp3) is 0.0800. The molecule has 5 rings (SSSR count). The molecule has 1 amide bonds. The van der Waals surface area contributed by atoms with Crippen molar-refractivity contribution in [3.8, 4) is 6.07 Å². The third kappa shape index (κ3) is 3.02. The van der Waals surface area contributed by atoms with Gasteiger partial charge < -0.3 is 4.90 Å². The number of amides is 1. The van der Waals surface area contributed by atoms with Crippen LogP contribution >= 0.6 is 11.8 Å². The maximum atomic E-state index is 13.5. The fourth-order valence-corrected chi connectivity index (χ4v) is 5.18. The van der Waals surface area contributed by atoms with Crippen molar-refractivity contribution < 1.29 is 9.59 Å². The predicted octanol–water partition coefficient (Wildman–Crippen LogP) is 5.18. The number of Topliss-reactive ketones (excluding diaryl/α,β-unsaturated/α-hetero) is 1. The largest absolute Gasteiger partial charge is 0.318 e. The third-order valence-electron chi connectivity index (χ3n) is 5.40. The summed E-state index contributed by atoms with van der Waals surface area (Å²) in [6.07, 6.45) is 1.85. The van der Waals surface area contributed by atoms with E-state index in [1.54, 1.807) is 12.1 Å². The summed E-state index contributed by atoms with van der Waals surface area (Å²) in [6, 6.07) is 24.3. The zero-order chi connectivity index (χ0) is 20.7. The highest BCUT2D eigenvalue weighted by atomic mass is 32.2. The topological polar surface area (TPSA) is 61.2 Å². The number of hydrogen-bond acceptors (Lipinski definition) is 4. The van der Waals surface area contributed by atoms with Gasteiger partial charge in [-0.15, -0.1) is 0 Å². The molecule has 0 radical (unpaired) electrons. The molecule has 0 aliphatic carbocycles. The van der Waals surface area contributed by atoms with Gasteiger partial charge in [-0.2, -0.15) is 5.26 Å². The Hall–Kier alpha value is -3.62. The number of benzene rings is 3. The lowest BCUT2D eigenvalue weighted by atomic mass is 10.0. The molecule has 0 spiro atoms. The Kier molecular flexibility index (Phi) is 4.50. The van der Waals surface area contributed by atoms with Gasteiger partial charge in [0.05, 0.1) is 16.5 Å². The molecule has 2 aliphatic rings. The van der Waals surface area contributed by atoms with E-state index in [-0.39, 0.29) is 17.1 Å². The van der Waals surface area contributed by atoms with E-state index in [9.17, 15) is 9.59 Å². The van der Waals surface area contributed by atoms with Crippen molar-refractivity contribution in [2.75, 3.05) is 0 Å². The van der Waals surface area contributed by atoms with Gasteiger partial charge in [-0.25, -0.2) is 0 Å². The molecule has 2 aliphatic heterocycles. The van der Waals surface area contributed by atoms with E-state index >= 15 is 0 Å². The number of thioether (sulfide) groups is 1. The number of ketones is 1. The molecule has 0 bridgehead atoms. The number of fused-ring (bicyclic) bond motifs is 4. The number of hydrogen-bond donors (Lipinski definition) is 0. The van der Waals surface area contributed by atoms with Crippen molar-refractivity contribution in [3.63, 3.8) is 0 Å². The minimum atomic E-state index is -0.254. The molecule has 0 aromatic heterocycles. The maximum Gasteiger partial charge on any atom is 0.255 e. The second-order valence-electron chi connectivity index (χ2n) is 7.22. The maximum absolute atomic E-state index is 13.5. The molecule has 1 unspecified atom stereocenters. The number of carbonyl (C=O) groups excluding carboxylic acids is 2. The van der Waals surface area contributed by atoms with Gasteiger partial charge in [-0.3, -0.25) is 9.59 Å². The van der Waals surface area contributed by atoms with Crippen LogP contribution < -0.4 is 0 Å². The highest BCUT2D eigenvalue weighted by Crippen LogP contribution is 2.48. The molecule has 3 aromatic rings. The lowest BCUT2D eigenvalue weighted by Crippen LogP contribution is -2.29. The summed E-state index contributed by atoms with van der Waals surface area (Å²) in [5, 5.41) is 8.78. The Morgan fingerprint density at radius 2 is 1.63 bits per heavy atom. The second kappa shape index (κ2) is 7.33. The van der Waals surface area contributed by atoms with Crippen LogP contribution in [0, 0.1) is 11.3 Å². The lowest BCUT2D eigenvalue weighted by Gasteiger charge is -2.29. The summed E-state index contributed by atoms with van der Waals surface area (Å²) in [5.41, 5.74) is 4.50. The van der Waals surface area contributed by atoms with Gasteiger partial charge in [0, 0.05) is 17.7 Å². The molecular weight excluding hydrogens is 392 g/mol. The molecule has 0 fully saturated rings. The van der Waals surface area contributed by atoms with Gasteiger partial charge in [-0.05, 0) is 41.0 Å². The van der Waals surface area contributed by atoms with Gasteiger partial charge in [0.2, 0.25) is 0 Å². The van der Waals surface area contributed by atoms with Crippen LogP contribution in [0.4, 0.5) is 0 Å². The van der Waals surface area contributed by atoms with Crippen molar-refractivity contribution in [2.24, 2.45) is 0 Å². The van der Waals surface area contributed by atoms with Gasteiger partial charge in [0.25, 0.3) is 5.91 Å². The summed E-state index contributed by atoms with van der Waals surface area (Å²) in [4.78, 5) is 29.0. The minimum absolute atomic E-state index is 0.00928. The lowest BCUT2D eigenvalue weighted by molar-refractivity contribution is 0.0758. The zero-order valence-corrected chi connectivity index (χ0v) is 16.7. The highest BCUT2D eigenvalue weighted by Gasteiger charge is 2.40. The molecule has 144 valence electrons. The predicted molar refractivity (Wildman–Crippen MR) is 117 cm³/mol. The van der Waals surface area contributed by atoms with E-state index in [0.29, 0.717) is 28.1 Å². The quantitative estimate of drug-likeness (QED) is 0.520. The van der Waals surface area contributed by atoms with Crippen molar-refractivity contribution in [1.29, 1.82) is 5.26 Å². The molecule has 30 heavy (non-hydrogen) atoms. The van der Waals surface area contributed by atoms with Crippen LogP contribution in [0.25, 0.3) is 6.08 Å². The van der Waals surface area contributed by atoms with Gasteiger partial charge in [0.1, 0.15) is 5.37 Å². The van der Waals surface area contributed by atoms with Crippen LogP contribution in [-0.2, 0) is 6.54 Å².